The number of likely N-dealkylation sites (tertiary alicyclic amines) is 1. The van der Waals surface area contributed by atoms with Gasteiger partial charge in [0.15, 0.2) is 0 Å². The lowest BCUT2D eigenvalue weighted by Gasteiger charge is -2.65. The highest BCUT2D eigenvalue weighted by molar-refractivity contribution is 5.79. The van der Waals surface area contributed by atoms with Gasteiger partial charge in [-0.25, -0.2) is 4.39 Å². The Kier molecular flexibility index (Phi) is 5.02. The van der Waals surface area contributed by atoms with Crippen LogP contribution in [0.4, 0.5) is 4.39 Å². The lowest BCUT2D eigenvalue weighted by molar-refractivity contribution is -0.185. The minimum atomic E-state index is -0.227. The van der Waals surface area contributed by atoms with Crippen molar-refractivity contribution in [1.82, 2.24) is 4.90 Å². The molecule has 0 aromatic heterocycles. The maximum Gasteiger partial charge on any atom is 0.223 e. The number of amides is 1. The first kappa shape index (κ1) is 21.2. The van der Waals surface area contributed by atoms with Crippen molar-refractivity contribution in [2.45, 2.75) is 55.6 Å². The molecule has 4 saturated carbocycles. The minimum absolute atomic E-state index is 0.0333. The number of benzene rings is 2. The first-order valence-electron chi connectivity index (χ1n) is 12.3. The van der Waals surface area contributed by atoms with Crippen molar-refractivity contribution in [2.24, 2.45) is 17.8 Å². The van der Waals surface area contributed by atoms with Gasteiger partial charge in [0.05, 0.1) is 18.7 Å². The van der Waals surface area contributed by atoms with Crippen molar-refractivity contribution in [2.75, 3.05) is 20.2 Å². The second-order valence-electron chi connectivity index (χ2n) is 10.8. The molecule has 174 valence electrons. The number of hydrogen-bond acceptors (Lipinski definition) is 3. The van der Waals surface area contributed by atoms with Crippen LogP contribution >= 0.6 is 0 Å². The van der Waals surface area contributed by atoms with E-state index >= 15 is 0 Å². The molecule has 0 spiro atoms. The smallest absolute Gasteiger partial charge is 0.223 e. The van der Waals surface area contributed by atoms with Crippen LogP contribution in [0.15, 0.2) is 54.6 Å². The monoisotopic (exact) mass is 449 g/mol. The summed E-state index contributed by atoms with van der Waals surface area (Å²) < 4.78 is 25.9. The average molecular weight is 450 g/mol. The van der Waals surface area contributed by atoms with Gasteiger partial charge in [0.25, 0.3) is 0 Å². The van der Waals surface area contributed by atoms with Crippen LogP contribution in [-0.4, -0.2) is 42.7 Å². The number of para-hydroxylation sites is 1. The van der Waals surface area contributed by atoms with Crippen LogP contribution in [0.5, 0.6) is 5.75 Å². The van der Waals surface area contributed by atoms with Gasteiger partial charge in [0, 0.05) is 18.9 Å². The standard InChI is InChI=1S/C28H32FNO3/c1-32-27-13-19-11-21(14-27)28(22(12-19)15-27,20-7-9-23(29)10-8-20)16-26(31)30-17-25(18-30)33-24-5-3-2-4-6-24/h2-10,19,21-22,25H,11-18H2,1H3/t19?,21?,22?,27-,28+. The van der Waals surface area contributed by atoms with E-state index in [0.717, 1.165) is 43.4 Å². The molecule has 4 aliphatic carbocycles. The van der Waals surface area contributed by atoms with Crippen molar-refractivity contribution < 1.29 is 18.7 Å². The van der Waals surface area contributed by atoms with Gasteiger partial charge in [-0.3, -0.25) is 4.79 Å². The normalized spacial score (nSPS) is 34.8. The van der Waals surface area contributed by atoms with Gasteiger partial charge in [-0.1, -0.05) is 30.3 Å². The second-order valence-corrected chi connectivity index (χ2v) is 10.8. The zero-order chi connectivity index (χ0) is 22.6. The molecule has 7 rings (SSSR count). The minimum Gasteiger partial charge on any atom is -0.487 e. The highest BCUT2D eigenvalue weighted by atomic mass is 19.1. The molecule has 5 fully saturated rings. The van der Waals surface area contributed by atoms with E-state index in [2.05, 4.69) is 0 Å². The SMILES string of the molecule is CO[C@]12CC3CC(C1)[C@](CC(=O)N1CC(Oc4ccccc4)C1)(c1ccc(F)cc1)C(C3)C2. The maximum atomic E-state index is 13.8. The summed E-state index contributed by atoms with van der Waals surface area (Å²) in [6, 6.07) is 16.8. The van der Waals surface area contributed by atoms with Crippen molar-refractivity contribution in [3.8, 4) is 5.75 Å². The molecular formula is C28H32FNO3. The van der Waals surface area contributed by atoms with Gasteiger partial charge >= 0.3 is 0 Å². The van der Waals surface area contributed by atoms with Crippen LogP contribution in [0.1, 0.15) is 44.1 Å². The van der Waals surface area contributed by atoms with Gasteiger partial charge in [-0.2, -0.15) is 0 Å². The maximum absolute atomic E-state index is 13.8. The molecule has 2 aromatic carbocycles. The number of ether oxygens (including phenoxy) is 2. The summed E-state index contributed by atoms with van der Waals surface area (Å²) in [5.74, 6) is 2.31. The molecule has 1 heterocycles. The fourth-order valence-electron chi connectivity index (χ4n) is 7.67. The Morgan fingerprint density at radius 1 is 1.00 bits per heavy atom. The molecule has 1 saturated heterocycles. The molecular weight excluding hydrogens is 417 g/mol. The fourth-order valence-corrected chi connectivity index (χ4v) is 7.67. The molecule has 1 amide bonds. The number of hydrogen-bond donors (Lipinski definition) is 0. The number of rotatable bonds is 6. The molecule has 0 radical (unpaired) electrons. The summed E-state index contributed by atoms with van der Waals surface area (Å²) in [5.41, 5.74) is 0.874. The molecule has 5 heteroatoms. The van der Waals surface area contributed by atoms with Gasteiger partial charge in [0.2, 0.25) is 5.91 Å². The Morgan fingerprint density at radius 3 is 2.30 bits per heavy atom. The van der Waals surface area contributed by atoms with E-state index in [0.29, 0.717) is 37.3 Å². The Labute approximate surface area is 195 Å². The zero-order valence-electron chi connectivity index (χ0n) is 19.2. The molecule has 4 bridgehead atoms. The number of carbonyl (C=O) groups is 1. The molecule has 5 aliphatic rings. The molecule has 4 nitrogen and oxygen atoms in total. The third-order valence-corrected chi connectivity index (χ3v) is 9.10. The lowest BCUT2D eigenvalue weighted by Crippen LogP contribution is -2.64. The lowest BCUT2D eigenvalue weighted by atomic mass is 9.41. The van der Waals surface area contributed by atoms with Gasteiger partial charge in [-0.05, 0) is 79.7 Å². The molecule has 0 N–H and O–H groups in total. The summed E-state index contributed by atoms with van der Waals surface area (Å²) in [5, 5.41) is 0. The van der Waals surface area contributed by atoms with E-state index in [9.17, 15) is 9.18 Å². The van der Waals surface area contributed by atoms with E-state index in [-0.39, 0.29) is 28.8 Å². The predicted octanol–water partition coefficient (Wildman–Crippen LogP) is 4.97. The van der Waals surface area contributed by atoms with E-state index in [1.54, 1.807) is 12.1 Å². The van der Waals surface area contributed by atoms with Crippen LogP contribution < -0.4 is 4.74 Å². The van der Waals surface area contributed by atoms with Crippen LogP contribution in [0, 0.1) is 23.6 Å². The summed E-state index contributed by atoms with van der Waals surface area (Å²) in [6.45, 7) is 1.26. The molecule has 1 aliphatic heterocycles. The first-order valence-corrected chi connectivity index (χ1v) is 12.3. The molecule has 2 atom stereocenters. The Hall–Kier alpha value is -2.40. The van der Waals surface area contributed by atoms with Crippen molar-refractivity contribution >= 4 is 5.91 Å². The third kappa shape index (κ3) is 3.47. The van der Waals surface area contributed by atoms with Crippen LogP contribution in [-0.2, 0) is 14.9 Å². The van der Waals surface area contributed by atoms with Gasteiger partial charge in [-0.15, -0.1) is 0 Å². The summed E-state index contributed by atoms with van der Waals surface area (Å²) in [4.78, 5) is 15.5. The van der Waals surface area contributed by atoms with Gasteiger partial charge < -0.3 is 14.4 Å². The number of methoxy groups -OCH3 is 1. The molecule has 33 heavy (non-hydrogen) atoms. The molecule has 2 aromatic rings. The molecule has 2 unspecified atom stereocenters. The Bertz CT molecular complexity index is 1000. The first-order chi connectivity index (χ1) is 16.0. The van der Waals surface area contributed by atoms with E-state index in [1.165, 1.54) is 0 Å². The third-order valence-electron chi connectivity index (χ3n) is 9.10. The van der Waals surface area contributed by atoms with Crippen molar-refractivity contribution in [1.29, 1.82) is 0 Å². The van der Waals surface area contributed by atoms with Crippen LogP contribution in [0.25, 0.3) is 0 Å². The number of carbonyl (C=O) groups excluding carboxylic acids is 1. The summed E-state index contributed by atoms with van der Waals surface area (Å²) in [6.07, 6.45) is 5.99. The van der Waals surface area contributed by atoms with E-state index < -0.39 is 0 Å². The second kappa shape index (κ2) is 7.83. The van der Waals surface area contributed by atoms with Crippen LogP contribution in [0.2, 0.25) is 0 Å². The van der Waals surface area contributed by atoms with Crippen LogP contribution in [0.3, 0.4) is 0 Å². The summed E-state index contributed by atoms with van der Waals surface area (Å²) in [7, 11) is 1.85. The number of halogens is 1. The van der Waals surface area contributed by atoms with E-state index in [1.807, 2.05) is 54.5 Å². The zero-order valence-corrected chi connectivity index (χ0v) is 19.2. The van der Waals surface area contributed by atoms with E-state index in [4.69, 9.17) is 9.47 Å². The summed E-state index contributed by atoms with van der Waals surface area (Å²) >= 11 is 0. The highest BCUT2D eigenvalue weighted by Gasteiger charge is 2.63. The largest absolute Gasteiger partial charge is 0.487 e. The Morgan fingerprint density at radius 2 is 1.67 bits per heavy atom. The average Bonchev–Trinajstić information content (AvgIpc) is 2.79. The Balaban J connectivity index is 1.23. The number of nitrogens with zero attached hydrogens (tertiary/aromatic N) is 1. The predicted molar refractivity (Wildman–Crippen MR) is 123 cm³/mol. The quantitative estimate of drug-likeness (QED) is 0.625. The fraction of sp³-hybridized carbons (Fsp3) is 0.536. The van der Waals surface area contributed by atoms with Crippen molar-refractivity contribution in [3.63, 3.8) is 0 Å². The van der Waals surface area contributed by atoms with Gasteiger partial charge in [0.1, 0.15) is 17.7 Å². The van der Waals surface area contributed by atoms with Crippen molar-refractivity contribution in [3.05, 3.63) is 66.0 Å². The topological polar surface area (TPSA) is 38.8 Å². The highest BCUT2D eigenvalue weighted by Crippen LogP contribution is 2.66.